The fraction of sp³-hybridized carbons (Fsp3) is 0.211. The molecule has 5 nitrogen and oxygen atoms in total. The number of rotatable bonds is 4. The monoisotopic (exact) mass is 323 g/mol. The number of nitrogens with zero attached hydrogens (tertiary/aromatic N) is 1. The average Bonchev–Trinajstić information content (AvgIpc) is 2.55. The van der Waals surface area contributed by atoms with Crippen molar-refractivity contribution < 1.29 is 9.59 Å². The van der Waals surface area contributed by atoms with E-state index in [0.29, 0.717) is 11.3 Å². The van der Waals surface area contributed by atoms with Crippen LogP contribution in [0.25, 0.3) is 0 Å². The summed E-state index contributed by atoms with van der Waals surface area (Å²) in [5.41, 5.74) is 3.87. The lowest BCUT2D eigenvalue weighted by Crippen LogP contribution is -2.27. The highest BCUT2D eigenvalue weighted by Crippen LogP contribution is 2.18. The van der Waals surface area contributed by atoms with Gasteiger partial charge in [0.15, 0.2) is 0 Å². The summed E-state index contributed by atoms with van der Waals surface area (Å²) >= 11 is 0. The molecule has 0 saturated carbocycles. The van der Waals surface area contributed by atoms with E-state index in [0.717, 1.165) is 5.56 Å². The lowest BCUT2D eigenvalue weighted by molar-refractivity contribution is -0.123. The zero-order chi connectivity index (χ0) is 17.6. The van der Waals surface area contributed by atoms with Crippen LogP contribution in [0.4, 0.5) is 5.69 Å². The summed E-state index contributed by atoms with van der Waals surface area (Å²) in [6, 6.07) is 16.2. The van der Waals surface area contributed by atoms with Crippen LogP contribution in [0.1, 0.15) is 36.7 Å². The first-order valence-electron chi connectivity index (χ1n) is 7.66. The van der Waals surface area contributed by atoms with Crippen LogP contribution in [0.15, 0.2) is 59.7 Å². The molecule has 0 heterocycles. The van der Waals surface area contributed by atoms with Crippen molar-refractivity contribution >= 4 is 23.7 Å². The lowest BCUT2D eigenvalue weighted by Gasteiger charge is -2.17. The fourth-order valence-corrected chi connectivity index (χ4v) is 1.83. The predicted octanol–water partition coefficient (Wildman–Crippen LogP) is 3.44. The van der Waals surface area contributed by atoms with Gasteiger partial charge in [-0.15, -0.1) is 0 Å². The molecule has 24 heavy (non-hydrogen) atoms. The van der Waals surface area contributed by atoms with Crippen LogP contribution in [-0.2, 0) is 4.79 Å². The van der Waals surface area contributed by atoms with Crippen molar-refractivity contribution in [2.45, 2.75) is 20.8 Å². The Morgan fingerprint density at radius 3 is 2.38 bits per heavy atom. The minimum Gasteiger partial charge on any atom is -0.326 e. The van der Waals surface area contributed by atoms with E-state index in [9.17, 15) is 9.59 Å². The third-order valence-electron chi connectivity index (χ3n) is 3.24. The first-order chi connectivity index (χ1) is 11.4. The topological polar surface area (TPSA) is 70.6 Å². The Balaban J connectivity index is 2.01. The second-order valence-electron chi connectivity index (χ2n) is 6.39. The molecule has 2 aromatic rings. The molecule has 0 atom stereocenters. The van der Waals surface area contributed by atoms with E-state index in [1.165, 1.54) is 0 Å². The van der Waals surface area contributed by atoms with Crippen LogP contribution in [-0.4, -0.2) is 18.0 Å². The Hall–Kier alpha value is -2.95. The number of anilines is 1. The summed E-state index contributed by atoms with van der Waals surface area (Å²) in [7, 11) is 0. The van der Waals surface area contributed by atoms with Gasteiger partial charge in [0.05, 0.1) is 6.21 Å². The van der Waals surface area contributed by atoms with E-state index in [1.807, 2.05) is 51.1 Å². The standard InChI is InChI=1S/C19H21N3O2/c1-19(2,3)18(24)21-16-11-7-10-15(12-16)17(23)22-20-13-14-8-5-4-6-9-14/h4-13H,1-3H3,(H,21,24)(H,22,23)/b20-13-. The van der Waals surface area contributed by atoms with Crippen LogP contribution in [0.5, 0.6) is 0 Å². The zero-order valence-corrected chi connectivity index (χ0v) is 14.0. The van der Waals surface area contributed by atoms with Gasteiger partial charge < -0.3 is 5.32 Å². The summed E-state index contributed by atoms with van der Waals surface area (Å²) in [4.78, 5) is 24.1. The largest absolute Gasteiger partial charge is 0.326 e. The number of amides is 2. The summed E-state index contributed by atoms with van der Waals surface area (Å²) in [6.07, 6.45) is 1.57. The Bertz CT molecular complexity index is 747. The second kappa shape index (κ2) is 7.55. The molecule has 0 aliphatic heterocycles. The van der Waals surface area contributed by atoms with Crippen molar-refractivity contribution in [3.63, 3.8) is 0 Å². The summed E-state index contributed by atoms with van der Waals surface area (Å²) in [6.45, 7) is 5.49. The Labute approximate surface area is 141 Å². The van der Waals surface area contributed by atoms with E-state index >= 15 is 0 Å². The van der Waals surface area contributed by atoms with Crippen LogP contribution >= 0.6 is 0 Å². The number of carbonyl (C=O) groups is 2. The highest BCUT2D eigenvalue weighted by molar-refractivity contribution is 5.98. The molecule has 0 spiro atoms. The van der Waals surface area contributed by atoms with Gasteiger partial charge >= 0.3 is 0 Å². The minimum absolute atomic E-state index is 0.109. The summed E-state index contributed by atoms with van der Waals surface area (Å²) in [5.74, 6) is -0.448. The Morgan fingerprint density at radius 2 is 1.71 bits per heavy atom. The molecule has 0 bridgehead atoms. The molecular weight excluding hydrogens is 302 g/mol. The Morgan fingerprint density at radius 1 is 1.00 bits per heavy atom. The molecule has 2 amide bonds. The number of hydrazone groups is 1. The second-order valence-corrected chi connectivity index (χ2v) is 6.39. The molecule has 0 aliphatic rings. The van der Waals surface area contributed by atoms with Crippen LogP contribution < -0.4 is 10.7 Å². The van der Waals surface area contributed by atoms with Gasteiger partial charge in [0.2, 0.25) is 5.91 Å². The molecule has 0 unspecified atom stereocenters. The maximum Gasteiger partial charge on any atom is 0.271 e. The number of hydrogen-bond donors (Lipinski definition) is 2. The summed E-state index contributed by atoms with van der Waals surface area (Å²) in [5, 5.41) is 6.74. The van der Waals surface area contributed by atoms with Crippen LogP contribution in [0.2, 0.25) is 0 Å². The first kappa shape index (κ1) is 17.4. The minimum atomic E-state index is -0.502. The number of hydrogen-bond acceptors (Lipinski definition) is 3. The molecule has 2 aromatic carbocycles. The molecule has 0 saturated heterocycles. The molecule has 0 fully saturated rings. The highest BCUT2D eigenvalue weighted by Gasteiger charge is 2.21. The fourth-order valence-electron chi connectivity index (χ4n) is 1.83. The molecule has 0 radical (unpaired) electrons. The van der Waals surface area contributed by atoms with E-state index in [1.54, 1.807) is 30.5 Å². The maximum atomic E-state index is 12.1. The van der Waals surface area contributed by atoms with Crippen molar-refractivity contribution in [3.05, 3.63) is 65.7 Å². The highest BCUT2D eigenvalue weighted by atomic mass is 16.2. The SMILES string of the molecule is CC(C)(C)C(=O)Nc1cccc(C(=O)N/N=C\c2ccccc2)c1. The van der Waals surface area contributed by atoms with Gasteiger partial charge in [0, 0.05) is 16.7 Å². The smallest absolute Gasteiger partial charge is 0.271 e. The van der Waals surface area contributed by atoms with Gasteiger partial charge in [0.25, 0.3) is 5.91 Å². The van der Waals surface area contributed by atoms with Crippen molar-refractivity contribution in [1.82, 2.24) is 5.43 Å². The molecule has 0 aliphatic carbocycles. The van der Waals surface area contributed by atoms with E-state index in [2.05, 4.69) is 15.8 Å². The van der Waals surface area contributed by atoms with Crippen LogP contribution in [0, 0.1) is 5.41 Å². The van der Waals surface area contributed by atoms with Crippen molar-refractivity contribution in [2.24, 2.45) is 10.5 Å². The normalized spacial score (nSPS) is 11.3. The van der Waals surface area contributed by atoms with Gasteiger partial charge in [-0.1, -0.05) is 57.2 Å². The molecule has 0 aromatic heterocycles. The van der Waals surface area contributed by atoms with Gasteiger partial charge in [-0.05, 0) is 23.8 Å². The molecule has 2 rings (SSSR count). The van der Waals surface area contributed by atoms with Gasteiger partial charge in [-0.2, -0.15) is 5.10 Å². The van der Waals surface area contributed by atoms with Crippen molar-refractivity contribution in [3.8, 4) is 0 Å². The molecule has 2 N–H and O–H groups in total. The van der Waals surface area contributed by atoms with Gasteiger partial charge in [-0.25, -0.2) is 5.43 Å². The van der Waals surface area contributed by atoms with Gasteiger partial charge in [-0.3, -0.25) is 9.59 Å². The zero-order valence-electron chi connectivity index (χ0n) is 14.0. The summed E-state index contributed by atoms with van der Waals surface area (Å²) < 4.78 is 0. The molecule has 124 valence electrons. The average molecular weight is 323 g/mol. The molecular formula is C19H21N3O2. The van der Waals surface area contributed by atoms with Crippen molar-refractivity contribution in [2.75, 3.05) is 5.32 Å². The van der Waals surface area contributed by atoms with E-state index in [-0.39, 0.29) is 11.8 Å². The van der Waals surface area contributed by atoms with E-state index in [4.69, 9.17) is 0 Å². The maximum absolute atomic E-state index is 12.1. The number of benzene rings is 2. The van der Waals surface area contributed by atoms with Crippen molar-refractivity contribution in [1.29, 1.82) is 0 Å². The Kier molecular flexibility index (Phi) is 5.47. The van der Waals surface area contributed by atoms with E-state index < -0.39 is 5.41 Å². The quantitative estimate of drug-likeness (QED) is 0.668. The molecule has 5 heteroatoms. The first-order valence-corrected chi connectivity index (χ1v) is 7.66. The third kappa shape index (κ3) is 5.05. The predicted molar refractivity (Wildman–Crippen MR) is 96.0 cm³/mol. The lowest BCUT2D eigenvalue weighted by atomic mass is 9.95. The third-order valence-corrected chi connectivity index (χ3v) is 3.24. The number of carbonyl (C=O) groups excluding carboxylic acids is 2. The van der Waals surface area contributed by atoms with Gasteiger partial charge in [0.1, 0.15) is 0 Å². The number of nitrogens with one attached hydrogen (secondary N) is 2. The van der Waals surface area contributed by atoms with Crippen LogP contribution in [0.3, 0.4) is 0 Å².